The zero-order valence-corrected chi connectivity index (χ0v) is 7.86. The van der Waals surface area contributed by atoms with Crippen LogP contribution in [0.2, 0.25) is 0 Å². The molecule has 0 aliphatic heterocycles. The van der Waals surface area contributed by atoms with Crippen LogP contribution in [0, 0.1) is 11.8 Å². The van der Waals surface area contributed by atoms with Crippen LogP contribution in [0.15, 0.2) is 0 Å². The molecule has 0 amide bonds. The summed E-state index contributed by atoms with van der Waals surface area (Å²) in [7, 11) is 0. The summed E-state index contributed by atoms with van der Waals surface area (Å²) in [6, 6.07) is -0.746. The van der Waals surface area contributed by atoms with Gasteiger partial charge in [0.25, 0.3) is 0 Å². The molecule has 0 fully saturated rings. The summed E-state index contributed by atoms with van der Waals surface area (Å²) in [5.41, 5.74) is 5.27. The van der Waals surface area contributed by atoms with Crippen LogP contribution in [0.3, 0.4) is 0 Å². The van der Waals surface area contributed by atoms with Crippen LogP contribution in [-0.4, -0.2) is 28.6 Å². The van der Waals surface area contributed by atoms with Crippen molar-refractivity contribution in [3.8, 4) is 11.8 Å². The molecule has 4 heteroatoms. The Morgan fingerprint density at radius 3 is 2.92 bits per heavy atom. The summed E-state index contributed by atoms with van der Waals surface area (Å²) >= 11 is 1.52. The van der Waals surface area contributed by atoms with E-state index >= 15 is 0 Å². The summed E-state index contributed by atoms with van der Waals surface area (Å²) in [5, 5.41) is 8.42. The summed E-state index contributed by atoms with van der Waals surface area (Å²) < 4.78 is 0. The summed E-state index contributed by atoms with van der Waals surface area (Å²) in [4.78, 5) is 10.3. The Hall–Kier alpha value is -0.660. The van der Waals surface area contributed by atoms with E-state index in [4.69, 9.17) is 10.8 Å². The van der Waals surface area contributed by atoms with Gasteiger partial charge in [0.05, 0.1) is 0 Å². The van der Waals surface area contributed by atoms with Gasteiger partial charge in [-0.15, -0.1) is 11.8 Å². The maximum absolute atomic E-state index is 10.3. The maximum atomic E-state index is 10.3. The number of aliphatic carboxylic acids is 1. The lowest BCUT2D eigenvalue weighted by Crippen LogP contribution is -2.32. The van der Waals surface area contributed by atoms with Crippen molar-refractivity contribution in [1.29, 1.82) is 0 Å². The smallest absolute Gasteiger partial charge is 0.321 e. The van der Waals surface area contributed by atoms with Crippen LogP contribution >= 0.6 is 11.8 Å². The van der Waals surface area contributed by atoms with Crippen molar-refractivity contribution in [2.75, 3.05) is 11.5 Å². The van der Waals surface area contributed by atoms with E-state index in [1.165, 1.54) is 11.8 Å². The number of carbonyl (C=O) groups is 1. The minimum atomic E-state index is -0.941. The lowest BCUT2D eigenvalue weighted by atomic mass is 10.4. The highest BCUT2D eigenvalue weighted by Gasteiger charge is 2.09. The molecule has 0 heterocycles. The highest BCUT2D eigenvalue weighted by molar-refractivity contribution is 7.99. The van der Waals surface area contributed by atoms with Gasteiger partial charge in [0.15, 0.2) is 0 Å². The number of hydrogen-bond acceptors (Lipinski definition) is 3. The van der Waals surface area contributed by atoms with Gasteiger partial charge in [0.2, 0.25) is 0 Å². The van der Waals surface area contributed by atoms with Crippen molar-refractivity contribution in [2.45, 2.75) is 19.4 Å². The summed E-state index contributed by atoms with van der Waals surface area (Å²) in [5.74, 6) is 6.03. The molecule has 0 aromatic carbocycles. The molecule has 0 bridgehead atoms. The van der Waals surface area contributed by atoms with Crippen molar-refractivity contribution in [1.82, 2.24) is 0 Å². The van der Waals surface area contributed by atoms with E-state index in [0.29, 0.717) is 5.75 Å². The first-order valence-electron chi connectivity index (χ1n) is 3.64. The molecular weight excluding hydrogens is 174 g/mol. The van der Waals surface area contributed by atoms with Gasteiger partial charge in [-0.1, -0.05) is 0 Å². The number of thioether (sulfide) groups is 1. The minimum Gasteiger partial charge on any atom is -0.480 e. The van der Waals surface area contributed by atoms with E-state index in [-0.39, 0.29) is 0 Å². The largest absolute Gasteiger partial charge is 0.480 e. The average molecular weight is 187 g/mol. The predicted molar refractivity (Wildman–Crippen MR) is 51.0 cm³/mol. The molecule has 0 rings (SSSR count). The third kappa shape index (κ3) is 6.08. The van der Waals surface area contributed by atoms with Crippen molar-refractivity contribution in [2.24, 2.45) is 5.73 Å². The fourth-order valence-electron chi connectivity index (χ4n) is 0.530. The van der Waals surface area contributed by atoms with E-state index in [1.54, 1.807) is 6.92 Å². The molecule has 0 radical (unpaired) electrons. The SMILES string of the molecule is CC#CCCSC[C@H](N)C(=O)O. The fourth-order valence-corrected chi connectivity index (χ4v) is 1.34. The van der Waals surface area contributed by atoms with Crippen LogP contribution in [0.25, 0.3) is 0 Å². The van der Waals surface area contributed by atoms with Crippen LogP contribution in [0.4, 0.5) is 0 Å². The molecule has 0 aromatic heterocycles. The van der Waals surface area contributed by atoms with E-state index < -0.39 is 12.0 Å². The second kappa shape index (κ2) is 7.01. The van der Waals surface area contributed by atoms with Gasteiger partial charge in [-0.3, -0.25) is 4.79 Å². The van der Waals surface area contributed by atoms with Crippen molar-refractivity contribution < 1.29 is 9.90 Å². The highest BCUT2D eigenvalue weighted by Crippen LogP contribution is 2.03. The Bertz CT molecular complexity index is 195. The molecule has 1 atom stereocenters. The van der Waals surface area contributed by atoms with Crippen LogP contribution < -0.4 is 5.73 Å². The Balaban J connectivity index is 3.29. The lowest BCUT2D eigenvalue weighted by molar-refractivity contribution is -0.137. The van der Waals surface area contributed by atoms with Crippen LogP contribution in [-0.2, 0) is 4.79 Å². The Morgan fingerprint density at radius 2 is 2.42 bits per heavy atom. The maximum Gasteiger partial charge on any atom is 0.321 e. The molecule has 68 valence electrons. The third-order valence-corrected chi connectivity index (χ3v) is 2.25. The third-order valence-electron chi connectivity index (χ3n) is 1.16. The van der Waals surface area contributed by atoms with Crippen LogP contribution in [0.1, 0.15) is 13.3 Å². The molecular formula is C8H13NO2S. The molecule has 0 spiro atoms. The lowest BCUT2D eigenvalue weighted by Gasteiger charge is -2.03. The first-order chi connectivity index (χ1) is 5.68. The minimum absolute atomic E-state index is 0.459. The Labute approximate surface area is 76.7 Å². The summed E-state index contributed by atoms with van der Waals surface area (Å²) in [6.07, 6.45) is 0.799. The van der Waals surface area contributed by atoms with E-state index in [2.05, 4.69) is 11.8 Å². The topological polar surface area (TPSA) is 63.3 Å². The quantitative estimate of drug-likeness (QED) is 0.487. The molecule has 12 heavy (non-hydrogen) atoms. The van der Waals surface area contributed by atoms with Gasteiger partial charge < -0.3 is 10.8 Å². The second-order valence-electron chi connectivity index (χ2n) is 2.20. The molecule has 3 nitrogen and oxygen atoms in total. The predicted octanol–water partition coefficient (Wildman–Crippen LogP) is 0.545. The Morgan fingerprint density at radius 1 is 1.75 bits per heavy atom. The van der Waals surface area contributed by atoms with Gasteiger partial charge in [0.1, 0.15) is 6.04 Å². The number of nitrogens with two attached hydrogens (primary N) is 1. The number of rotatable bonds is 5. The summed E-state index contributed by atoms with van der Waals surface area (Å²) in [6.45, 7) is 1.79. The molecule has 0 saturated heterocycles. The molecule has 0 aliphatic carbocycles. The van der Waals surface area contributed by atoms with Crippen molar-refractivity contribution in [3.63, 3.8) is 0 Å². The van der Waals surface area contributed by atoms with Crippen molar-refractivity contribution in [3.05, 3.63) is 0 Å². The normalized spacial score (nSPS) is 11.5. The van der Waals surface area contributed by atoms with E-state index in [1.807, 2.05) is 0 Å². The molecule has 0 unspecified atom stereocenters. The molecule has 0 aliphatic rings. The van der Waals surface area contributed by atoms with E-state index in [0.717, 1.165) is 12.2 Å². The van der Waals surface area contributed by atoms with Crippen molar-refractivity contribution >= 4 is 17.7 Å². The number of hydrogen-bond donors (Lipinski definition) is 2. The monoisotopic (exact) mass is 187 g/mol. The average Bonchev–Trinajstić information content (AvgIpc) is 2.03. The second-order valence-corrected chi connectivity index (χ2v) is 3.35. The number of carboxylic acid groups (broad SMARTS) is 1. The zero-order valence-electron chi connectivity index (χ0n) is 7.04. The number of carboxylic acids is 1. The van der Waals surface area contributed by atoms with Gasteiger partial charge in [0, 0.05) is 17.9 Å². The fraction of sp³-hybridized carbons (Fsp3) is 0.625. The van der Waals surface area contributed by atoms with Gasteiger partial charge >= 0.3 is 5.97 Å². The first kappa shape index (κ1) is 11.3. The molecule has 0 saturated carbocycles. The van der Waals surface area contributed by atoms with Crippen LogP contribution in [0.5, 0.6) is 0 Å². The standard InChI is InChI=1S/C8H13NO2S/c1-2-3-4-5-12-6-7(9)8(10)11/h7H,4-6,9H2,1H3,(H,10,11)/t7-/m0/s1. The van der Waals surface area contributed by atoms with Gasteiger partial charge in [-0.2, -0.15) is 11.8 Å². The molecule has 0 aromatic rings. The van der Waals surface area contributed by atoms with Gasteiger partial charge in [-0.25, -0.2) is 0 Å². The Kier molecular flexibility index (Phi) is 6.63. The first-order valence-corrected chi connectivity index (χ1v) is 4.79. The molecule has 3 N–H and O–H groups in total. The highest BCUT2D eigenvalue weighted by atomic mass is 32.2. The zero-order chi connectivity index (χ0) is 9.40. The van der Waals surface area contributed by atoms with Gasteiger partial charge in [-0.05, 0) is 6.92 Å². The van der Waals surface area contributed by atoms with E-state index in [9.17, 15) is 4.79 Å².